The number of benzene rings is 8. The molecule has 5 aliphatic carbocycles. The van der Waals surface area contributed by atoms with Crippen LogP contribution in [0.5, 0.6) is 0 Å². The lowest BCUT2D eigenvalue weighted by atomic mass is 9.43. The Bertz CT molecular complexity index is 2940. The van der Waals surface area contributed by atoms with Crippen molar-refractivity contribution in [1.29, 1.82) is 0 Å². The maximum Gasteiger partial charge on any atom is 0.136 e. The average Bonchev–Trinajstić information content (AvgIpc) is 3.70. The van der Waals surface area contributed by atoms with Gasteiger partial charge in [0.1, 0.15) is 11.2 Å². The Kier molecular flexibility index (Phi) is 5.59. The zero-order valence-electron chi connectivity index (χ0n) is 29.6. The van der Waals surface area contributed by atoms with Crippen LogP contribution in [0.15, 0.2) is 150 Å². The van der Waals surface area contributed by atoms with Crippen molar-refractivity contribution in [3.8, 4) is 33.4 Å². The van der Waals surface area contributed by atoms with Crippen molar-refractivity contribution in [2.24, 2.45) is 23.7 Å². The van der Waals surface area contributed by atoms with Gasteiger partial charge in [-0.15, -0.1) is 0 Å². The monoisotopic (exact) mass is 678 g/mol. The SMILES string of the molecule is c1ccc2cc3c(cc2c1)-c1ccc(-c2c4ccccc4c(-c4ccc5c(c4)oc4ccccc45)c4ccccc24)cc1C31C2CC3CC(C2)CC1C3. The predicted molar refractivity (Wildman–Crippen MR) is 220 cm³/mol. The van der Waals surface area contributed by atoms with Crippen molar-refractivity contribution >= 4 is 54.3 Å². The van der Waals surface area contributed by atoms with Crippen LogP contribution in [0.3, 0.4) is 0 Å². The molecule has 5 aliphatic rings. The first-order chi connectivity index (χ1) is 26.2. The van der Waals surface area contributed by atoms with Crippen LogP contribution in [0, 0.1) is 23.7 Å². The van der Waals surface area contributed by atoms with Crippen molar-refractivity contribution < 1.29 is 4.42 Å². The van der Waals surface area contributed by atoms with E-state index in [1.165, 1.54) is 109 Å². The van der Waals surface area contributed by atoms with E-state index in [-0.39, 0.29) is 5.41 Å². The van der Waals surface area contributed by atoms with Crippen molar-refractivity contribution in [1.82, 2.24) is 0 Å². The summed E-state index contributed by atoms with van der Waals surface area (Å²) in [5, 5.41) is 10.3. The van der Waals surface area contributed by atoms with Crippen LogP contribution in [0.2, 0.25) is 0 Å². The number of rotatable bonds is 2. The molecule has 9 aromatic rings. The first-order valence-corrected chi connectivity index (χ1v) is 19.8. The summed E-state index contributed by atoms with van der Waals surface area (Å²) >= 11 is 0. The molecule has 14 rings (SSSR count). The maximum atomic E-state index is 6.42. The second-order valence-corrected chi connectivity index (χ2v) is 16.8. The van der Waals surface area contributed by atoms with Crippen molar-refractivity contribution in [2.75, 3.05) is 0 Å². The lowest BCUT2D eigenvalue weighted by molar-refractivity contribution is -0.0398. The minimum atomic E-state index is 0.103. The molecule has 4 fully saturated rings. The number of para-hydroxylation sites is 1. The van der Waals surface area contributed by atoms with E-state index in [2.05, 4.69) is 146 Å². The van der Waals surface area contributed by atoms with Gasteiger partial charge in [0.25, 0.3) is 0 Å². The summed E-state index contributed by atoms with van der Waals surface area (Å²) in [6.07, 6.45) is 7.02. The second kappa shape index (κ2) is 10.3. The zero-order valence-corrected chi connectivity index (χ0v) is 29.6. The molecule has 252 valence electrons. The van der Waals surface area contributed by atoms with E-state index in [1.807, 2.05) is 0 Å². The van der Waals surface area contributed by atoms with E-state index in [4.69, 9.17) is 4.42 Å². The Morgan fingerprint density at radius 3 is 1.57 bits per heavy atom. The average molecular weight is 679 g/mol. The van der Waals surface area contributed by atoms with E-state index in [1.54, 1.807) is 11.1 Å². The first kappa shape index (κ1) is 28.9. The zero-order chi connectivity index (χ0) is 34.4. The largest absolute Gasteiger partial charge is 0.456 e. The summed E-state index contributed by atoms with van der Waals surface area (Å²) in [5.74, 6) is 3.27. The van der Waals surface area contributed by atoms with Gasteiger partial charge in [-0.25, -0.2) is 0 Å². The molecule has 0 radical (unpaired) electrons. The Hall–Kier alpha value is -5.66. The van der Waals surface area contributed by atoms with Crippen LogP contribution in [-0.2, 0) is 5.41 Å². The molecule has 1 spiro atoms. The highest BCUT2D eigenvalue weighted by Crippen LogP contribution is 2.70. The lowest BCUT2D eigenvalue weighted by Crippen LogP contribution is -2.55. The van der Waals surface area contributed by atoms with Crippen LogP contribution >= 0.6 is 0 Å². The lowest BCUT2D eigenvalue weighted by Gasteiger charge is -2.61. The van der Waals surface area contributed by atoms with E-state index < -0.39 is 0 Å². The van der Waals surface area contributed by atoms with Gasteiger partial charge in [0.2, 0.25) is 0 Å². The smallest absolute Gasteiger partial charge is 0.136 e. The predicted octanol–water partition coefficient (Wildman–Crippen LogP) is 14.1. The molecule has 0 amide bonds. The summed E-state index contributed by atoms with van der Waals surface area (Å²) in [4.78, 5) is 0. The topological polar surface area (TPSA) is 13.1 Å². The molecule has 0 aliphatic heterocycles. The third-order valence-corrected chi connectivity index (χ3v) is 14.4. The molecule has 1 aromatic heterocycles. The van der Waals surface area contributed by atoms with Gasteiger partial charge in [0.15, 0.2) is 0 Å². The molecule has 8 aromatic carbocycles. The van der Waals surface area contributed by atoms with E-state index in [9.17, 15) is 0 Å². The summed E-state index contributed by atoms with van der Waals surface area (Å²) in [6.45, 7) is 0. The highest BCUT2D eigenvalue weighted by molar-refractivity contribution is 6.22. The fourth-order valence-electron chi connectivity index (χ4n) is 12.7. The van der Waals surface area contributed by atoms with Gasteiger partial charge in [-0.3, -0.25) is 0 Å². The van der Waals surface area contributed by atoms with Gasteiger partial charge in [0, 0.05) is 16.2 Å². The molecule has 0 saturated heterocycles. The molecule has 4 saturated carbocycles. The Labute approximate surface area is 308 Å². The molecular weight excluding hydrogens is 641 g/mol. The number of hydrogen-bond donors (Lipinski definition) is 0. The third kappa shape index (κ3) is 3.73. The molecule has 53 heavy (non-hydrogen) atoms. The van der Waals surface area contributed by atoms with Crippen LogP contribution in [0.25, 0.3) is 87.6 Å². The normalized spacial score (nSPS) is 23.9. The highest BCUT2D eigenvalue weighted by atomic mass is 16.3. The fourth-order valence-corrected chi connectivity index (χ4v) is 12.7. The van der Waals surface area contributed by atoms with Crippen molar-refractivity contribution in [3.63, 3.8) is 0 Å². The second-order valence-electron chi connectivity index (χ2n) is 16.8. The number of fused-ring (bicyclic) bond motifs is 9. The van der Waals surface area contributed by atoms with Gasteiger partial charge < -0.3 is 4.42 Å². The molecule has 1 heteroatoms. The Morgan fingerprint density at radius 2 is 0.906 bits per heavy atom. The van der Waals surface area contributed by atoms with Crippen LogP contribution in [0.4, 0.5) is 0 Å². The summed E-state index contributed by atoms with van der Waals surface area (Å²) in [6, 6.07) is 55.2. The van der Waals surface area contributed by atoms with Crippen molar-refractivity contribution in [2.45, 2.75) is 37.5 Å². The quantitative estimate of drug-likeness (QED) is 0.166. The van der Waals surface area contributed by atoms with E-state index in [0.717, 1.165) is 34.8 Å². The van der Waals surface area contributed by atoms with Gasteiger partial charge in [-0.2, -0.15) is 0 Å². The van der Waals surface area contributed by atoms with Crippen LogP contribution < -0.4 is 0 Å². The van der Waals surface area contributed by atoms with E-state index in [0.29, 0.717) is 0 Å². The fraction of sp³-hybridized carbons (Fsp3) is 0.192. The highest BCUT2D eigenvalue weighted by Gasteiger charge is 2.61. The van der Waals surface area contributed by atoms with Crippen LogP contribution in [-0.4, -0.2) is 0 Å². The maximum absolute atomic E-state index is 6.42. The molecule has 1 heterocycles. The van der Waals surface area contributed by atoms with Gasteiger partial charge in [0.05, 0.1) is 0 Å². The van der Waals surface area contributed by atoms with Gasteiger partial charge >= 0.3 is 0 Å². The molecule has 1 nitrogen and oxygen atoms in total. The molecule has 4 bridgehead atoms. The summed E-state index contributed by atoms with van der Waals surface area (Å²) in [7, 11) is 0. The van der Waals surface area contributed by atoms with Gasteiger partial charge in [-0.05, 0) is 169 Å². The Balaban J connectivity index is 1.07. The minimum Gasteiger partial charge on any atom is -0.456 e. The van der Waals surface area contributed by atoms with E-state index >= 15 is 0 Å². The summed E-state index contributed by atoms with van der Waals surface area (Å²) < 4.78 is 6.42. The number of hydrogen-bond acceptors (Lipinski definition) is 1. The summed E-state index contributed by atoms with van der Waals surface area (Å²) in [5.41, 5.74) is 13.4. The molecular formula is C52H38O. The standard InChI is InChI=1S/C52H38O/c1-2-10-33-27-47-45(26-32(33)9-1)38-19-17-34(28-46(38)52(47)36-22-30-21-31(24-36)25-37(52)23-30)50-41-12-3-5-14-43(41)51(44-15-6-4-13-42(44)50)35-18-20-40-39-11-7-8-16-48(39)53-49(40)29-35/h1-20,26-31,36-37H,21-25H2. The molecule has 0 N–H and O–H groups in total. The number of furan rings is 1. The minimum absolute atomic E-state index is 0.103. The first-order valence-electron chi connectivity index (χ1n) is 19.8. The van der Waals surface area contributed by atoms with Crippen LogP contribution in [0.1, 0.15) is 43.2 Å². The van der Waals surface area contributed by atoms with Crippen molar-refractivity contribution in [3.05, 3.63) is 157 Å². The molecule has 0 unspecified atom stereocenters. The molecule has 0 atom stereocenters. The Morgan fingerprint density at radius 1 is 0.396 bits per heavy atom. The van der Waals surface area contributed by atoms with Gasteiger partial charge in [-0.1, -0.05) is 109 Å². The third-order valence-electron chi connectivity index (χ3n) is 14.4.